The van der Waals surface area contributed by atoms with Crippen molar-refractivity contribution in [1.29, 1.82) is 5.26 Å². The largest absolute Gasteiger partial charge is 0.493 e. The number of nitrogens with zero attached hydrogens (tertiary/aromatic N) is 1. The second-order valence-corrected chi connectivity index (χ2v) is 7.94. The molecule has 1 aliphatic heterocycles. The van der Waals surface area contributed by atoms with Crippen molar-refractivity contribution in [2.45, 2.75) is 32.9 Å². The van der Waals surface area contributed by atoms with Crippen molar-refractivity contribution in [2.24, 2.45) is 5.73 Å². The number of nitrogens with two attached hydrogens (primary N) is 1. The van der Waals surface area contributed by atoms with Gasteiger partial charge in [0.05, 0.1) is 24.9 Å². The van der Waals surface area contributed by atoms with Crippen molar-refractivity contribution >= 4 is 11.8 Å². The Morgan fingerprint density at radius 1 is 1.30 bits per heavy atom. The van der Waals surface area contributed by atoms with Crippen LogP contribution in [0.3, 0.4) is 0 Å². The van der Waals surface area contributed by atoms with Gasteiger partial charge in [0.15, 0.2) is 11.5 Å². The summed E-state index contributed by atoms with van der Waals surface area (Å²) in [6.45, 7) is 12.4. The second-order valence-electron chi connectivity index (χ2n) is 6.96. The molecule has 0 radical (unpaired) electrons. The Labute approximate surface area is 202 Å². The number of methoxy groups -OCH3 is 3. The summed E-state index contributed by atoms with van der Waals surface area (Å²) < 4.78 is 16.1. The SMILES string of the molecule is C/C=C/CC.C=CC(=C)C(OC)C1=C(N)C(C#N)=C(NCc2ccc(OC)c(OC)c2)SC1. The summed E-state index contributed by atoms with van der Waals surface area (Å²) in [4.78, 5) is 0. The minimum absolute atomic E-state index is 0.388. The summed E-state index contributed by atoms with van der Waals surface area (Å²) in [5.41, 5.74) is 9.65. The molecule has 1 unspecified atom stereocenters. The van der Waals surface area contributed by atoms with Gasteiger partial charge in [-0.3, -0.25) is 0 Å². The Morgan fingerprint density at radius 2 is 2.00 bits per heavy atom. The summed E-state index contributed by atoms with van der Waals surface area (Å²) in [7, 11) is 4.78. The lowest BCUT2D eigenvalue weighted by molar-refractivity contribution is 0.162. The topological polar surface area (TPSA) is 89.5 Å². The van der Waals surface area contributed by atoms with Gasteiger partial charge in [0.2, 0.25) is 0 Å². The van der Waals surface area contributed by atoms with E-state index in [-0.39, 0.29) is 6.10 Å². The summed E-state index contributed by atoms with van der Waals surface area (Å²) in [5, 5.41) is 13.7. The molecule has 0 bridgehead atoms. The molecule has 0 aromatic heterocycles. The Bertz CT molecular complexity index is 958. The molecule has 0 amide bonds. The van der Waals surface area contributed by atoms with E-state index in [4.69, 9.17) is 19.9 Å². The van der Waals surface area contributed by atoms with E-state index in [1.807, 2.05) is 25.1 Å². The van der Waals surface area contributed by atoms with Crippen molar-refractivity contribution in [3.8, 4) is 17.6 Å². The van der Waals surface area contributed by atoms with Gasteiger partial charge in [-0.05, 0) is 42.2 Å². The highest BCUT2D eigenvalue weighted by molar-refractivity contribution is 8.03. The Balaban J connectivity index is 0.000000981. The first-order valence-electron chi connectivity index (χ1n) is 10.6. The number of allylic oxidation sites excluding steroid dienone is 3. The van der Waals surface area contributed by atoms with Crippen LogP contribution < -0.4 is 20.5 Å². The molecule has 0 fully saturated rings. The monoisotopic (exact) mass is 469 g/mol. The maximum atomic E-state index is 9.65. The number of benzene rings is 1. The van der Waals surface area contributed by atoms with Crippen LogP contribution in [0.4, 0.5) is 0 Å². The van der Waals surface area contributed by atoms with Crippen molar-refractivity contribution in [2.75, 3.05) is 27.1 Å². The molecule has 1 aliphatic rings. The van der Waals surface area contributed by atoms with Crippen LogP contribution in [-0.4, -0.2) is 33.2 Å². The third-order valence-electron chi connectivity index (χ3n) is 4.85. The molecule has 0 saturated carbocycles. The number of thioether (sulfide) groups is 1. The van der Waals surface area contributed by atoms with E-state index >= 15 is 0 Å². The van der Waals surface area contributed by atoms with E-state index in [0.29, 0.717) is 40.6 Å². The van der Waals surface area contributed by atoms with E-state index in [2.05, 4.69) is 43.6 Å². The molecule has 1 aromatic carbocycles. The third-order valence-corrected chi connectivity index (χ3v) is 5.94. The van der Waals surface area contributed by atoms with Gasteiger partial charge in [-0.2, -0.15) is 5.26 Å². The van der Waals surface area contributed by atoms with Crippen LogP contribution >= 0.6 is 11.8 Å². The minimum atomic E-state index is -0.388. The van der Waals surface area contributed by atoms with E-state index in [1.165, 1.54) is 11.8 Å². The number of hydrogen-bond donors (Lipinski definition) is 2. The summed E-state index contributed by atoms with van der Waals surface area (Å²) in [6.07, 6.45) is 6.59. The van der Waals surface area contributed by atoms with Crippen molar-refractivity contribution in [1.82, 2.24) is 5.32 Å². The van der Waals surface area contributed by atoms with Crippen LogP contribution in [0.25, 0.3) is 0 Å². The number of ether oxygens (including phenoxy) is 3. The highest BCUT2D eigenvalue weighted by Crippen LogP contribution is 2.34. The maximum Gasteiger partial charge on any atom is 0.161 e. The fraction of sp³-hybridized carbons (Fsp3) is 0.346. The molecular weight excluding hydrogens is 434 g/mol. The van der Waals surface area contributed by atoms with E-state index in [9.17, 15) is 5.26 Å². The van der Waals surface area contributed by atoms with Gasteiger partial charge >= 0.3 is 0 Å². The summed E-state index contributed by atoms with van der Waals surface area (Å²) in [5.74, 6) is 1.91. The molecule has 2 rings (SSSR count). The van der Waals surface area contributed by atoms with E-state index < -0.39 is 0 Å². The van der Waals surface area contributed by atoms with Crippen LogP contribution in [0.15, 0.2) is 77.0 Å². The quantitative estimate of drug-likeness (QED) is 0.359. The molecule has 1 heterocycles. The zero-order valence-electron chi connectivity index (χ0n) is 20.2. The molecular formula is C26H35N3O3S. The molecule has 33 heavy (non-hydrogen) atoms. The first-order chi connectivity index (χ1) is 15.9. The smallest absolute Gasteiger partial charge is 0.161 e. The van der Waals surface area contributed by atoms with Crippen LogP contribution in [0.2, 0.25) is 0 Å². The average Bonchev–Trinajstić information content (AvgIpc) is 2.84. The van der Waals surface area contributed by atoms with E-state index in [0.717, 1.165) is 22.6 Å². The highest BCUT2D eigenvalue weighted by Gasteiger charge is 2.27. The number of hydrogen-bond acceptors (Lipinski definition) is 7. The van der Waals surface area contributed by atoms with Crippen LogP contribution in [0.1, 0.15) is 25.8 Å². The van der Waals surface area contributed by atoms with Gasteiger partial charge in [-0.15, -0.1) is 11.8 Å². The molecule has 0 spiro atoms. The van der Waals surface area contributed by atoms with Gasteiger partial charge in [0.1, 0.15) is 17.7 Å². The normalized spacial score (nSPS) is 14.2. The molecule has 7 heteroatoms. The molecule has 0 saturated heterocycles. The molecule has 178 valence electrons. The van der Waals surface area contributed by atoms with Crippen molar-refractivity contribution < 1.29 is 14.2 Å². The predicted octanol–water partition coefficient (Wildman–Crippen LogP) is 5.22. The standard InChI is InChI=1S/C21H25N3O3S.C5H10/c1-6-13(2)20(27-5)16-12-28-21(15(10-22)19(16)23)24-11-14-7-8-17(25-3)18(9-14)26-4;1-3-5-4-2/h6-9,20,24H,1-2,11-12,23H2,3-5H3;3,5H,4H2,1-2H3/b;5-3+. The lowest BCUT2D eigenvalue weighted by Crippen LogP contribution is -2.27. The molecule has 1 atom stereocenters. The fourth-order valence-electron chi connectivity index (χ4n) is 3.08. The first-order valence-corrected chi connectivity index (χ1v) is 11.6. The third kappa shape index (κ3) is 7.77. The lowest BCUT2D eigenvalue weighted by atomic mass is 9.99. The van der Waals surface area contributed by atoms with Crippen LogP contribution in [-0.2, 0) is 11.3 Å². The van der Waals surface area contributed by atoms with Gasteiger partial charge in [-0.25, -0.2) is 0 Å². The van der Waals surface area contributed by atoms with Crippen molar-refractivity contribution in [3.63, 3.8) is 0 Å². The van der Waals surface area contributed by atoms with E-state index in [1.54, 1.807) is 27.4 Å². The number of rotatable bonds is 10. The first kappa shape index (κ1) is 28.0. The Kier molecular flexibility index (Phi) is 12.6. The lowest BCUT2D eigenvalue weighted by Gasteiger charge is -2.26. The minimum Gasteiger partial charge on any atom is -0.493 e. The Morgan fingerprint density at radius 3 is 2.48 bits per heavy atom. The van der Waals surface area contributed by atoms with Gasteiger partial charge in [0.25, 0.3) is 0 Å². The highest BCUT2D eigenvalue weighted by atomic mass is 32.2. The molecule has 1 aromatic rings. The number of nitrogens with one attached hydrogen (secondary N) is 1. The average molecular weight is 470 g/mol. The Hall–Kier alpha value is -3.08. The number of nitriles is 1. The predicted molar refractivity (Wildman–Crippen MR) is 138 cm³/mol. The van der Waals surface area contributed by atoms with Gasteiger partial charge in [0, 0.05) is 19.4 Å². The summed E-state index contributed by atoms with van der Waals surface area (Å²) in [6, 6.07) is 7.88. The van der Waals surface area contributed by atoms with Crippen LogP contribution in [0.5, 0.6) is 11.5 Å². The molecule has 3 N–H and O–H groups in total. The molecule has 0 aliphatic carbocycles. The fourth-order valence-corrected chi connectivity index (χ4v) is 4.16. The van der Waals surface area contributed by atoms with Crippen LogP contribution in [0, 0.1) is 11.3 Å². The van der Waals surface area contributed by atoms with Crippen molar-refractivity contribution in [3.05, 3.63) is 82.6 Å². The van der Waals surface area contributed by atoms with Gasteiger partial charge in [-0.1, -0.05) is 44.4 Å². The maximum absolute atomic E-state index is 9.65. The molecule has 6 nitrogen and oxygen atoms in total. The van der Waals surface area contributed by atoms with Gasteiger partial charge < -0.3 is 25.3 Å². The zero-order valence-corrected chi connectivity index (χ0v) is 21.1. The summed E-state index contributed by atoms with van der Waals surface area (Å²) >= 11 is 1.51. The zero-order chi connectivity index (χ0) is 24.8. The second kappa shape index (κ2) is 14.9.